The van der Waals surface area contributed by atoms with Gasteiger partial charge in [-0.3, -0.25) is 4.79 Å². The smallest absolute Gasteiger partial charge is 0.243 e. The summed E-state index contributed by atoms with van der Waals surface area (Å²) in [5.41, 5.74) is 3.90. The van der Waals surface area contributed by atoms with Gasteiger partial charge in [-0.25, -0.2) is 18.4 Å². The van der Waals surface area contributed by atoms with Crippen LogP contribution in [0.4, 0.5) is 11.5 Å². The number of hydrogen-bond donors (Lipinski definition) is 1. The summed E-state index contributed by atoms with van der Waals surface area (Å²) in [6.07, 6.45) is 1.54. The number of aryl methyl sites for hydroxylation is 2. The van der Waals surface area contributed by atoms with Crippen molar-refractivity contribution in [2.75, 3.05) is 36.4 Å². The molecule has 0 saturated carbocycles. The van der Waals surface area contributed by atoms with E-state index in [-0.39, 0.29) is 10.8 Å². The number of hydrogen-bond acceptors (Lipinski definition) is 6. The molecule has 2 aromatic carbocycles. The van der Waals surface area contributed by atoms with Crippen LogP contribution in [0, 0.1) is 6.92 Å². The molecule has 35 heavy (non-hydrogen) atoms. The van der Waals surface area contributed by atoms with Crippen molar-refractivity contribution >= 4 is 27.4 Å². The third kappa shape index (κ3) is 5.68. The van der Waals surface area contributed by atoms with Crippen LogP contribution in [-0.4, -0.2) is 54.8 Å². The summed E-state index contributed by atoms with van der Waals surface area (Å²) in [6, 6.07) is 16.6. The van der Waals surface area contributed by atoms with Crippen LogP contribution in [0.3, 0.4) is 0 Å². The molecule has 2 heterocycles. The maximum Gasteiger partial charge on any atom is 0.243 e. The van der Waals surface area contributed by atoms with E-state index < -0.39 is 10.0 Å². The molecule has 1 N–H and O–H groups in total. The van der Waals surface area contributed by atoms with Crippen LogP contribution in [0.15, 0.2) is 59.5 Å². The molecule has 0 bridgehead atoms. The van der Waals surface area contributed by atoms with Gasteiger partial charge in [0.1, 0.15) is 11.6 Å². The molecule has 1 aliphatic rings. The molecule has 0 radical (unpaired) electrons. The van der Waals surface area contributed by atoms with Crippen LogP contribution >= 0.6 is 0 Å². The fraction of sp³-hybridized carbons (Fsp3) is 0.346. The van der Waals surface area contributed by atoms with Crippen molar-refractivity contribution in [1.29, 1.82) is 0 Å². The molecular formula is C26H31N5O3S. The molecule has 1 aliphatic heterocycles. The number of carbonyl (C=O) groups is 1. The van der Waals surface area contributed by atoms with E-state index in [0.717, 1.165) is 35.7 Å². The number of aromatic nitrogens is 2. The second-order valence-corrected chi connectivity index (χ2v) is 10.6. The van der Waals surface area contributed by atoms with Gasteiger partial charge < -0.3 is 10.2 Å². The molecule has 9 heteroatoms. The van der Waals surface area contributed by atoms with Gasteiger partial charge in [-0.2, -0.15) is 4.31 Å². The molecule has 184 valence electrons. The van der Waals surface area contributed by atoms with Gasteiger partial charge in [-0.1, -0.05) is 37.3 Å². The number of piperazine rings is 1. The Balaban J connectivity index is 1.53. The van der Waals surface area contributed by atoms with Crippen molar-refractivity contribution in [3.8, 4) is 0 Å². The number of nitrogens with one attached hydrogen (secondary N) is 1. The average Bonchev–Trinajstić information content (AvgIpc) is 2.85. The molecule has 0 unspecified atom stereocenters. The van der Waals surface area contributed by atoms with Crippen LogP contribution in [0.25, 0.3) is 0 Å². The lowest BCUT2D eigenvalue weighted by molar-refractivity contribution is -0.114. The summed E-state index contributed by atoms with van der Waals surface area (Å²) in [5, 5.41) is 2.66. The highest BCUT2D eigenvalue weighted by molar-refractivity contribution is 7.89. The molecule has 1 aromatic heterocycles. The highest BCUT2D eigenvalue weighted by atomic mass is 32.2. The first-order chi connectivity index (χ1) is 16.8. The van der Waals surface area contributed by atoms with E-state index in [0.29, 0.717) is 31.9 Å². The fourth-order valence-electron chi connectivity index (χ4n) is 4.38. The van der Waals surface area contributed by atoms with E-state index in [1.54, 1.807) is 12.1 Å². The minimum absolute atomic E-state index is 0.199. The van der Waals surface area contributed by atoms with Crippen molar-refractivity contribution in [1.82, 2.24) is 14.3 Å². The van der Waals surface area contributed by atoms with Gasteiger partial charge in [0.15, 0.2) is 0 Å². The van der Waals surface area contributed by atoms with Crippen molar-refractivity contribution in [2.24, 2.45) is 0 Å². The molecule has 3 aromatic rings. The van der Waals surface area contributed by atoms with Crippen molar-refractivity contribution in [2.45, 2.75) is 38.5 Å². The standard InChI is InChI=1S/C26H31N5O3S/c1-4-25-24(18-21-8-6-5-7-9-21)26(28-19(2)27-25)30-14-16-31(17-15-30)35(33,34)23-12-10-22(11-13-23)29-20(3)32/h5-13H,4,14-18H2,1-3H3,(H,29,32). The Kier molecular flexibility index (Phi) is 7.47. The third-order valence-corrected chi connectivity index (χ3v) is 8.00. The predicted molar refractivity (Wildman–Crippen MR) is 137 cm³/mol. The average molecular weight is 494 g/mol. The Bertz CT molecular complexity index is 1290. The maximum absolute atomic E-state index is 13.2. The summed E-state index contributed by atoms with van der Waals surface area (Å²) in [5.74, 6) is 1.42. The second kappa shape index (κ2) is 10.5. The van der Waals surface area contributed by atoms with Crippen LogP contribution in [0.1, 0.15) is 36.5 Å². The Morgan fingerprint density at radius 1 is 0.971 bits per heavy atom. The van der Waals surface area contributed by atoms with Gasteiger partial charge in [0.2, 0.25) is 15.9 Å². The van der Waals surface area contributed by atoms with Gasteiger partial charge >= 0.3 is 0 Å². The molecule has 1 amide bonds. The Morgan fingerprint density at radius 3 is 2.23 bits per heavy atom. The summed E-state index contributed by atoms with van der Waals surface area (Å²) in [6.45, 7) is 7.24. The van der Waals surface area contributed by atoms with E-state index >= 15 is 0 Å². The van der Waals surface area contributed by atoms with E-state index in [9.17, 15) is 13.2 Å². The van der Waals surface area contributed by atoms with E-state index in [1.807, 2.05) is 25.1 Å². The van der Waals surface area contributed by atoms with Crippen LogP contribution in [0.2, 0.25) is 0 Å². The van der Waals surface area contributed by atoms with Crippen molar-refractivity contribution in [3.63, 3.8) is 0 Å². The molecule has 1 fully saturated rings. The largest absolute Gasteiger partial charge is 0.354 e. The Labute approximate surface area is 207 Å². The van der Waals surface area contributed by atoms with E-state index in [1.165, 1.54) is 28.9 Å². The molecule has 0 aliphatic carbocycles. The van der Waals surface area contributed by atoms with E-state index in [4.69, 9.17) is 9.97 Å². The molecule has 1 saturated heterocycles. The summed E-state index contributed by atoms with van der Waals surface area (Å²) < 4.78 is 28.0. The zero-order valence-corrected chi connectivity index (χ0v) is 21.2. The van der Waals surface area contributed by atoms with Crippen LogP contribution in [-0.2, 0) is 27.7 Å². The van der Waals surface area contributed by atoms with Crippen molar-refractivity contribution in [3.05, 3.63) is 77.2 Å². The zero-order valence-electron chi connectivity index (χ0n) is 20.4. The maximum atomic E-state index is 13.2. The first-order valence-corrected chi connectivity index (χ1v) is 13.2. The van der Waals surface area contributed by atoms with Gasteiger partial charge in [0.05, 0.1) is 4.90 Å². The number of carbonyl (C=O) groups excluding carboxylic acids is 1. The number of rotatable bonds is 7. The highest BCUT2D eigenvalue weighted by Gasteiger charge is 2.30. The van der Waals surface area contributed by atoms with Gasteiger partial charge in [0.25, 0.3) is 0 Å². The normalized spacial score (nSPS) is 14.7. The number of nitrogens with zero attached hydrogens (tertiary/aromatic N) is 4. The SMILES string of the molecule is CCc1nc(C)nc(N2CCN(S(=O)(=O)c3ccc(NC(C)=O)cc3)CC2)c1Cc1ccccc1. The fourth-order valence-corrected chi connectivity index (χ4v) is 5.80. The first-order valence-electron chi connectivity index (χ1n) is 11.8. The molecular weight excluding hydrogens is 462 g/mol. The van der Waals surface area contributed by atoms with Crippen LogP contribution in [0.5, 0.6) is 0 Å². The Hall–Kier alpha value is -3.30. The predicted octanol–water partition coefficient (Wildman–Crippen LogP) is 3.41. The van der Waals surface area contributed by atoms with Gasteiger partial charge in [-0.05, 0) is 43.2 Å². The summed E-state index contributed by atoms with van der Waals surface area (Å²) in [4.78, 5) is 23.1. The van der Waals surface area contributed by atoms with Gasteiger partial charge in [0, 0.05) is 56.5 Å². The summed E-state index contributed by atoms with van der Waals surface area (Å²) in [7, 11) is -3.63. The molecule has 8 nitrogen and oxygen atoms in total. The van der Waals surface area contributed by atoms with Gasteiger partial charge in [-0.15, -0.1) is 0 Å². The number of amides is 1. The minimum Gasteiger partial charge on any atom is -0.354 e. The number of sulfonamides is 1. The van der Waals surface area contributed by atoms with Crippen LogP contribution < -0.4 is 10.2 Å². The minimum atomic E-state index is -3.63. The topological polar surface area (TPSA) is 95.5 Å². The first kappa shape index (κ1) is 24.8. The van der Waals surface area contributed by atoms with E-state index in [2.05, 4.69) is 29.3 Å². The molecule has 0 spiro atoms. The Morgan fingerprint density at radius 2 is 1.63 bits per heavy atom. The second-order valence-electron chi connectivity index (χ2n) is 8.63. The molecule has 4 rings (SSSR count). The lowest BCUT2D eigenvalue weighted by Gasteiger charge is -2.36. The lowest BCUT2D eigenvalue weighted by atomic mass is 10.0. The summed E-state index contributed by atoms with van der Waals surface area (Å²) >= 11 is 0. The number of anilines is 2. The third-order valence-electron chi connectivity index (χ3n) is 6.09. The monoisotopic (exact) mass is 493 g/mol. The quantitative estimate of drug-likeness (QED) is 0.542. The zero-order chi connectivity index (χ0) is 25.0. The number of benzene rings is 2. The molecule has 0 atom stereocenters. The highest BCUT2D eigenvalue weighted by Crippen LogP contribution is 2.27. The lowest BCUT2D eigenvalue weighted by Crippen LogP contribution is -2.49. The van der Waals surface area contributed by atoms with Crippen molar-refractivity contribution < 1.29 is 13.2 Å².